The zero-order valence-electron chi connectivity index (χ0n) is 13.3. The first kappa shape index (κ1) is 17.7. The first-order valence-electron chi connectivity index (χ1n) is 7.62. The lowest BCUT2D eigenvalue weighted by Gasteiger charge is -2.37. The lowest BCUT2D eigenvalue weighted by Crippen LogP contribution is -2.51. The summed E-state index contributed by atoms with van der Waals surface area (Å²) in [4.78, 5) is 14.2. The molecule has 4 nitrogen and oxygen atoms in total. The summed E-state index contributed by atoms with van der Waals surface area (Å²) >= 11 is 6.05. The van der Waals surface area contributed by atoms with Crippen molar-refractivity contribution in [1.82, 2.24) is 4.90 Å². The average Bonchev–Trinajstić information content (AvgIpc) is 2.99. The maximum Gasteiger partial charge on any atom is 0.243 e. The molecule has 0 aromatic heterocycles. The number of benzene rings is 1. The van der Waals surface area contributed by atoms with Crippen LogP contribution in [0.15, 0.2) is 24.3 Å². The van der Waals surface area contributed by atoms with E-state index in [1.165, 1.54) is 0 Å². The van der Waals surface area contributed by atoms with Crippen LogP contribution in [-0.2, 0) is 4.79 Å². The third kappa shape index (κ3) is 3.49. The zero-order valence-corrected chi connectivity index (χ0v) is 14.1. The Morgan fingerprint density at radius 2 is 2.26 bits per heavy atom. The maximum absolute atomic E-state index is 12.9. The van der Waals surface area contributed by atoms with E-state index in [2.05, 4.69) is 6.07 Å². The normalized spacial score (nSPS) is 22.7. The van der Waals surface area contributed by atoms with Gasteiger partial charge in [-0.3, -0.25) is 4.79 Å². The number of hydrogen-bond acceptors (Lipinski definition) is 3. The van der Waals surface area contributed by atoms with Gasteiger partial charge in [-0.15, -0.1) is 0 Å². The third-order valence-corrected chi connectivity index (χ3v) is 4.71. The molecule has 1 unspecified atom stereocenters. The molecule has 124 valence electrons. The molecule has 1 aromatic carbocycles. The smallest absolute Gasteiger partial charge is 0.243 e. The Morgan fingerprint density at radius 1 is 1.57 bits per heavy atom. The molecule has 1 saturated heterocycles. The van der Waals surface area contributed by atoms with E-state index in [0.29, 0.717) is 17.9 Å². The van der Waals surface area contributed by atoms with E-state index in [4.69, 9.17) is 17.3 Å². The van der Waals surface area contributed by atoms with Crippen LogP contribution in [0.3, 0.4) is 0 Å². The van der Waals surface area contributed by atoms with Gasteiger partial charge >= 0.3 is 0 Å². The van der Waals surface area contributed by atoms with Crippen molar-refractivity contribution in [2.45, 2.75) is 44.8 Å². The lowest BCUT2D eigenvalue weighted by atomic mass is 9.84. The number of carbonyl (C=O) groups excluding carboxylic acids is 1. The van der Waals surface area contributed by atoms with Crippen LogP contribution in [0.5, 0.6) is 0 Å². The van der Waals surface area contributed by atoms with Crippen LogP contribution in [0.25, 0.3) is 0 Å². The SMILES string of the molecule is CC(C)(C#N)[C@H]1CC[C@@H](c2cccc(Cl)c2)N1C(=O)C(N)CF. The molecule has 2 N–H and O–H groups in total. The molecule has 0 saturated carbocycles. The molecule has 1 aliphatic heterocycles. The van der Waals surface area contributed by atoms with Crippen molar-refractivity contribution in [3.63, 3.8) is 0 Å². The van der Waals surface area contributed by atoms with Crippen molar-refractivity contribution >= 4 is 17.5 Å². The van der Waals surface area contributed by atoms with Crippen LogP contribution in [0.4, 0.5) is 4.39 Å². The molecule has 0 radical (unpaired) electrons. The topological polar surface area (TPSA) is 70.1 Å². The molecule has 1 fully saturated rings. The fourth-order valence-electron chi connectivity index (χ4n) is 3.20. The van der Waals surface area contributed by atoms with Gasteiger partial charge in [0.2, 0.25) is 5.91 Å². The number of carbonyl (C=O) groups is 1. The minimum atomic E-state index is -1.20. The number of rotatable bonds is 4. The highest BCUT2D eigenvalue weighted by Crippen LogP contribution is 2.43. The van der Waals surface area contributed by atoms with Gasteiger partial charge in [-0.2, -0.15) is 5.26 Å². The second-order valence-electron chi connectivity index (χ2n) is 6.50. The predicted octanol–water partition coefficient (Wildman–Crippen LogP) is 3.22. The minimum Gasteiger partial charge on any atom is -0.330 e. The number of hydrogen-bond donors (Lipinski definition) is 1. The first-order chi connectivity index (χ1) is 10.8. The van der Waals surface area contributed by atoms with Gasteiger partial charge in [-0.1, -0.05) is 23.7 Å². The molecule has 1 amide bonds. The predicted molar refractivity (Wildman–Crippen MR) is 87.4 cm³/mol. The van der Waals surface area contributed by atoms with E-state index < -0.39 is 24.0 Å². The molecular formula is C17H21ClFN3O. The summed E-state index contributed by atoms with van der Waals surface area (Å²) in [5.74, 6) is -0.455. The number of amides is 1. The van der Waals surface area contributed by atoms with E-state index in [1.54, 1.807) is 30.9 Å². The van der Waals surface area contributed by atoms with E-state index in [-0.39, 0.29) is 12.1 Å². The molecular weight excluding hydrogens is 317 g/mol. The maximum atomic E-state index is 12.9. The van der Waals surface area contributed by atoms with Gasteiger partial charge in [-0.05, 0) is 44.4 Å². The minimum absolute atomic E-state index is 0.239. The number of alkyl halides is 1. The molecule has 3 atom stereocenters. The van der Waals surface area contributed by atoms with Gasteiger partial charge in [0, 0.05) is 5.02 Å². The number of nitrogens with zero attached hydrogens (tertiary/aromatic N) is 2. The second-order valence-corrected chi connectivity index (χ2v) is 6.94. The number of nitriles is 1. The van der Waals surface area contributed by atoms with Crippen LogP contribution >= 0.6 is 11.6 Å². The van der Waals surface area contributed by atoms with Crippen LogP contribution in [-0.4, -0.2) is 29.6 Å². The highest BCUT2D eigenvalue weighted by molar-refractivity contribution is 6.30. The molecule has 23 heavy (non-hydrogen) atoms. The van der Waals surface area contributed by atoms with Crippen LogP contribution in [0.1, 0.15) is 38.3 Å². The Hall–Kier alpha value is -1.64. The molecule has 0 bridgehead atoms. The van der Waals surface area contributed by atoms with Gasteiger partial charge in [0.1, 0.15) is 12.7 Å². The first-order valence-corrected chi connectivity index (χ1v) is 8.00. The number of halogens is 2. The molecule has 1 aromatic rings. The molecule has 1 heterocycles. The fourth-order valence-corrected chi connectivity index (χ4v) is 3.40. The van der Waals surface area contributed by atoms with Gasteiger partial charge in [0.05, 0.1) is 23.6 Å². The van der Waals surface area contributed by atoms with Crippen molar-refractivity contribution in [2.75, 3.05) is 6.67 Å². The van der Waals surface area contributed by atoms with Gasteiger partial charge in [-0.25, -0.2) is 4.39 Å². The van der Waals surface area contributed by atoms with Crippen molar-refractivity contribution < 1.29 is 9.18 Å². The van der Waals surface area contributed by atoms with Crippen molar-refractivity contribution in [1.29, 1.82) is 5.26 Å². The Balaban J connectivity index is 2.43. The van der Waals surface area contributed by atoms with Crippen LogP contribution in [0.2, 0.25) is 5.02 Å². The molecule has 0 aliphatic carbocycles. The fraction of sp³-hybridized carbons (Fsp3) is 0.529. The summed E-state index contributed by atoms with van der Waals surface area (Å²) in [6.07, 6.45) is 1.36. The largest absolute Gasteiger partial charge is 0.330 e. The number of nitrogens with two attached hydrogens (primary N) is 1. The standard InChI is InChI=1S/C17H21ClFN3O/c1-17(2,10-20)15-7-6-14(11-4-3-5-12(18)8-11)22(15)16(23)13(21)9-19/h3-5,8,13-15H,6-7,9,21H2,1-2H3/t13?,14-,15+/m0/s1. The molecule has 1 aliphatic rings. The van der Waals surface area contributed by atoms with Crippen molar-refractivity contribution in [2.24, 2.45) is 11.1 Å². The molecule has 0 spiro atoms. The number of likely N-dealkylation sites (tertiary alicyclic amines) is 1. The molecule has 2 rings (SSSR count). The van der Waals surface area contributed by atoms with Crippen molar-refractivity contribution in [3.05, 3.63) is 34.9 Å². The van der Waals surface area contributed by atoms with Gasteiger partial charge in [0.25, 0.3) is 0 Å². The third-order valence-electron chi connectivity index (χ3n) is 4.48. The quantitative estimate of drug-likeness (QED) is 0.917. The van der Waals surface area contributed by atoms with E-state index in [1.807, 2.05) is 12.1 Å². The second kappa shape index (κ2) is 6.86. The Labute approximate surface area is 141 Å². The van der Waals surface area contributed by atoms with E-state index in [9.17, 15) is 14.4 Å². The summed E-state index contributed by atoms with van der Waals surface area (Å²) in [6, 6.07) is 7.78. The van der Waals surface area contributed by atoms with Crippen molar-refractivity contribution in [3.8, 4) is 6.07 Å². The lowest BCUT2D eigenvalue weighted by molar-refractivity contribution is -0.137. The average molecular weight is 338 g/mol. The van der Waals surface area contributed by atoms with Gasteiger partial charge < -0.3 is 10.6 Å². The van der Waals surface area contributed by atoms with E-state index in [0.717, 1.165) is 5.56 Å². The highest BCUT2D eigenvalue weighted by atomic mass is 35.5. The summed E-state index contributed by atoms with van der Waals surface area (Å²) in [6.45, 7) is 2.66. The summed E-state index contributed by atoms with van der Waals surface area (Å²) in [7, 11) is 0. The zero-order chi connectivity index (χ0) is 17.2. The highest BCUT2D eigenvalue weighted by Gasteiger charge is 2.46. The Kier molecular flexibility index (Phi) is 5.28. The Bertz CT molecular complexity index is 629. The summed E-state index contributed by atoms with van der Waals surface area (Å²) < 4.78 is 12.9. The molecule has 6 heteroatoms. The van der Waals surface area contributed by atoms with Gasteiger partial charge in [0.15, 0.2) is 0 Å². The summed E-state index contributed by atoms with van der Waals surface area (Å²) in [5.41, 5.74) is 5.78. The Morgan fingerprint density at radius 3 is 2.83 bits per heavy atom. The van der Waals surface area contributed by atoms with Crippen LogP contribution < -0.4 is 5.73 Å². The summed E-state index contributed by atoms with van der Waals surface area (Å²) in [5, 5.41) is 10.0. The van der Waals surface area contributed by atoms with Crippen LogP contribution in [0, 0.1) is 16.7 Å². The monoisotopic (exact) mass is 337 g/mol. The van der Waals surface area contributed by atoms with E-state index >= 15 is 0 Å².